The van der Waals surface area contributed by atoms with Crippen LogP contribution in [0.1, 0.15) is 42.2 Å². The maximum absolute atomic E-state index is 6.08. The van der Waals surface area contributed by atoms with Gasteiger partial charge in [-0.05, 0) is 54.5 Å². The topological polar surface area (TPSA) is 51.8 Å². The van der Waals surface area contributed by atoms with Crippen molar-refractivity contribution in [3.63, 3.8) is 0 Å². The third-order valence-corrected chi connectivity index (χ3v) is 5.71. The number of nitrogens with zero attached hydrogens (tertiary/aromatic N) is 2. The second-order valence-corrected chi connectivity index (χ2v) is 7.39. The first-order valence-corrected chi connectivity index (χ1v) is 8.44. The van der Waals surface area contributed by atoms with Gasteiger partial charge >= 0.3 is 0 Å². The standard InChI is InChI=1S/C14H16IN3S/c1-8-6-7-10(19-8)14-17-12(9-4-2-3-5-9)11(15)13(16)18-14/h6-7,9H,2-5H2,1H3,(H2,16,17,18). The summed E-state index contributed by atoms with van der Waals surface area (Å²) >= 11 is 4.01. The average Bonchev–Trinajstić information content (AvgIpc) is 3.03. The van der Waals surface area contributed by atoms with E-state index in [9.17, 15) is 0 Å². The molecule has 1 saturated carbocycles. The maximum atomic E-state index is 6.08. The van der Waals surface area contributed by atoms with Crippen molar-refractivity contribution in [1.82, 2.24) is 9.97 Å². The zero-order valence-electron chi connectivity index (χ0n) is 10.8. The lowest BCUT2D eigenvalue weighted by Crippen LogP contribution is -2.07. The van der Waals surface area contributed by atoms with Gasteiger partial charge in [-0.3, -0.25) is 0 Å². The number of nitrogen functional groups attached to an aromatic ring is 1. The van der Waals surface area contributed by atoms with Crippen molar-refractivity contribution in [2.45, 2.75) is 38.5 Å². The summed E-state index contributed by atoms with van der Waals surface area (Å²) in [5, 5.41) is 0. The predicted octanol–water partition coefficient (Wildman–Crippen LogP) is 4.36. The number of thiophene rings is 1. The Hall–Kier alpha value is -0.690. The van der Waals surface area contributed by atoms with E-state index in [-0.39, 0.29) is 0 Å². The maximum Gasteiger partial charge on any atom is 0.171 e. The van der Waals surface area contributed by atoms with Crippen molar-refractivity contribution in [1.29, 1.82) is 0 Å². The molecule has 1 aliphatic carbocycles. The first-order chi connectivity index (χ1) is 9.15. The van der Waals surface area contributed by atoms with Crippen LogP contribution in [0, 0.1) is 10.5 Å². The van der Waals surface area contributed by atoms with Crippen LogP contribution in [0.5, 0.6) is 0 Å². The number of nitrogens with two attached hydrogens (primary N) is 1. The number of anilines is 1. The van der Waals surface area contributed by atoms with Gasteiger partial charge in [0.25, 0.3) is 0 Å². The molecular weight excluding hydrogens is 369 g/mol. The summed E-state index contributed by atoms with van der Waals surface area (Å²) in [5.74, 6) is 1.98. The summed E-state index contributed by atoms with van der Waals surface area (Å²) in [6.45, 7) is 2.10. The molecule has 3 rings (SSSR count). The Balaban J connectivity index is 2.06. The van der Waals surface area contributed by atoms with Crippen LogP contribution < -0.4 is 5.73 Å². The van der Waals surface area contributed by atoms with Gasteiger partial charge in [0.1, 0.15) is 5.82 Å². The summed E-state index contributed by atoms with van der Waals surface area (Å²) in [4.78, 5) is 11.7. The summed E-state index contributed by atoms with van der Waals surface area (Å²) in [5.41, 5.74) is 7.24. The van der Waals surface area contributed by atoms with Gasteiger partial charge in [-0.25, -0.2) is 9.97 Å². The molecule has 2 aromatic heterocycles. The summed E-state index contributed by atoms with van der Waals surface area (Å²) < 4.78 is 1.04. The number of halogens is 1. The van der Waals surface area contributed by atoms with E-state index in [1.54, 1.807) is 11.3 Å². The molecule has 100 valence electrons. The van der Waals surface area contributed by atoms with Gasteiger partial charge in [0.2, 0.25) is 0 Å². The van der Waals surface area contributed by atoms with E-state index >= 15 is 0 Å². The van der Waals surface area contributed by atoms with Gasteiger partial charge in [0, 0.05) is 10.8 Å². The fraction of sp³-hybridized carbons (Fsp3) is 0.429. The van der Waals surface area contributed by atoms with Crippen molar-refractivity contribution in [3.05, 3.63) is 26.3 Å². The minimum Gasteiger partial charge on any atom is -0.383 e. The average molecular weight is 385 g/mol. The molecule has 1 aliphatic rings. The minimum absolute atomic E-state index is 0.567. The van der Waals surface area contributed by atoms with Crippen LogP contribution >= 0.6 is 33.9 Å². The van der Waals surface area contributed by atoms with Crippen molar-refractivity contribution >= 4 is 39.7 Å². The van der Waals surface area contributed by atoms with E-state index < -0.39 is 0 Å². The summed E-state index contributed by atoms with van der Waals surface area (Å²) in [7, 11) is 0. The highest BCUT2D eigenvalue weighted by molar-refractivity contribution is 14.1. The molecule has 0 unspecified atom stereocenters. The van der Waals surface area contributed by atoms with Crippen LogP contribution in [0.4, 0.5) is 5.82 Å². The smallest absolute Gasteiger partial charge is 0.171 e. The largest absolute Gasteiger partial charge is 0.383 e. The number of aryl methyl sites for hydroxylation is 1. The molecule has 2 N–H and O–H groups in total. The molecule has 0 radical (unpaired) electrons. The van der Waals surface area contributed by atoms with E-state index in [0.29, 0.717) is 11.7 Å². The van der Waals surface area contributed by atoms with E-state index in [1.165, 1.54) is 30.6 Å². The molecule has 3 nitrogen and oxygen atoms in total. The Labute approximate surface area is 130 Å². The van der Waals surface area contributed by atoms with Gasteiger partial charge in [0.15, 0.2) is 5.82 Å². The fourth-order valence-electron chi connectivity index (χ4n) is 2.62. The van der Waals surface area contributed by atoms with Crippen LogP contribution in [0.2, 0.25) is 0 Å². The van der Waals surface area contributed by atoms with Crippen molar-refractivity contribution in [2.24, 2.45) is 0 Å². The SMILES string of the molecule is Cc1ccc(-c2nc(N)c(I)c(C3CCCC3)n2)s1. The highest BCUT2D eigenvalue weighted by Crippen LogP contribution is 2.37. The number of hydrogen-bond acceptors (Lipinski definition) is 4. The Bertz CT molecular complexity index is 603. The highest BCUT2D eigenvalue weighted by atomic mass is 127. The van der Waals surface area contributed by atoms with Crippen molar-refractivity contribution in [3.8, 4) is 10.7 Å². The van der Waals surface area contributed by atoms with Gasteiger partial charge in [0.05, 0.1) is 14.1 Å². The molecule has 0 saturated heterocycles. The monoisotopic (exact) mass is 385 g/mol. The third kappa shape index (κ3) is 2.63. The lowest BCUT2D eigenvalue weighted by molar-refractivity contribution is 0.691. The Morgan fingerprint density at radius 3 is 2.63 bits per heavy atom. The summed E-state index contributed by atoms with van der Waals surface area (Å²) in [6, 6.07) is 4.19. The lowest BCUT2D eigenvalue weighted by atomic mass is 10.0. The van der Waals surface area contributed by atoms with Crippen LogP contribution in [-0.2, 0) is 0 Å². The van der Waals surface area contributed by atoms with E-state index in [1.807, 2.05) is 0 Å². The molecule has 2 heterocycles. The predicted molar refractivity (Wildman–Crippen MR) is 88.4 cm³/mol. The quantitative estimate of drug-likeness (QED) is 0.782. The molecule has 0 atom stereocenters. The van der Waals surface area contributed by atoms with Crippen molar-refractivity contribution < 1.29 is 0 Å². The fourth-order valence-corrected chi connectivity index (χ4v) is 4.10. The van der Waals surface area contributed by atoms with Crippen LogP contribution in [0.15, 0.2) is 12.1 Å². The Kier molecular flexibility index (Phi) is 3.75. The van der Waals surface area contributed by atoms with Gasteiger partial charge in [-0.1, -0.05) is 12.8 Å². The molecule has 1 fully saturated rings. The second kappa shape index (κ2) is 5.36. The normalized spacial score (nSPS) is 16.1. The molecule has 5 heteroatoms. The lowest BCUT2D eigenvalue weighted by Gasteiger charge is -2.13. The van der Waals surface area contributed by atoms with Gasteiger partial charge in [-0.15, -0.1) is 11.3 Å². The number of aromatic nitrogens is 2. The third-order valence-electron chi connectivity index (χ3n) is 3.61. The zero-order chi connectivity index (χ0) is 13.4. The minimum atomic E-state index is 0.567. The van der Waals surface area contributed by atoms with E-state index in [4.69, 9.17) is 10.7 Å². The van der Waals surface area contributed by atoms with Gasteiger partial charge < -0.3 is 5.73 Å². The van der Waals surface area contributed by atoms with Crippen LogP contribution in [0.25, 0.3) is 10.7 Å². The Morgan fingerprint density at radius 2 is 2.00 bits per heavy atom. The first-order valence-electron chi connectivity index (χ1n) is 6.55. The first kappa shape index (κ1) is 13.3. The summed E-state index contributed by atoms with van der Waals surface area (Å²) in [6.07, 6.45) is 5.07. The highest BCUT2D eigenvalue weighted by Gasteiger charge is 2.23. The molecule has 0 aliphatic heterocycles. The molecular formula is C14H16IN3S. The van der Waals surface area contributed by atoms with Crippen LogP contribution in [0.3, 0.4) is 0 Å². The second-order valence-electron chi connectivity index (χ2n) is 5.02. The zero-order valence-corrected chi connectivity index (χ0v) is 13.8. The number of hydrogen-bond donors (Lipinski definition) is 1. The van der Waals surface area contributed by atoms with Gasteiger partial charge in [-0.2, -0.15) is 0 Å². The Morgan fingerprint density at radius 1 is 1.26 bits per heavy atom. The molecule has 0 spiro atoms. The van der Waals surface area contributed by atoms with Crippen LogP contribution in [-0.4, -0.2) is 9.97 Å². The molecule has 0 aromatic carbocycles. The van der Waals surface area contributed by atoms with E-state index in [2.05, 4.69) is 46.6 Å². The number of rotatable bonds is 2. The van der Waals surface area contributed by atoms with Crippen molar-refractivity contribution in [2.75, 3.05) is 5.73 Å². The molecule has 0 amide bonds. The van der Waals surface area contributed by atoms with E-state index in [0.717, 1.165) is 20.0 Å². The molecule has 0 bridgehead atoms. The molecule has 19 heavy (non-hydrogen) atoms. The molecule has 2 aromatic rings.